The van der Waals surface area contributed by atoms with E-state index in [0.29, 0.717) is 23.0 Å². The van der Waals surface area contributed by atoms with Crippen molar-refractivity contribution in [1.29, 1.82) is 5.26 Å². The maximum Gasteiger partial charge on any atom is 0.152 e. The molecule has 3 rings (SSSR count). The molecule has 0 saturated heterocycles. The molecule has 138 valence electrons. The molecule has 0 aliphatic carbocycles. The number of aliphatic hydroxyl groups excluding tert-OH is 1. The lowest BCUT2D eigenvalue weighted by molar-refractivity contribution is 0.271. The van der Waals surface area contributed by atoms with Gasteiger partial charge in [0.1, 0.15) is 5.82 Å². The van der Waals surface area contributed by atoms with Crippen LogP contribution in [0.25, 0.3) is 11.1 Å². The molecule has 3 aromatic rings. The van der Waals surface area contributed by atoms with Crippen molar-refractivity contribution >= 4 is 11.6 Å². The highest BCUT2D eigenvalue weighted by atomic mass is 35.5. The highest BCUT2D eigenvalue weighted by molar-refractivity contribution is 6.30. The topological polar surface area (TPSA) is 61.8 Å². The SMILES string of the molecule is CCCCc1nc(Cl)c(CO)n1Cc1ccccc1-c1ccccc1C#N. The lowest BCUT2D eigenvalue weighted by atomic mass is 9.95. The van der Waals surface area contributed by atoms with Crippen LogP contribution in [-0.4, -0.2) is 14.7 Å². The molecule has 2 aromatic carbocycles. The molecule has 1 heterocycles. The average Bonchev–Trinajstić information content (AvgIpc) is 3.00. The Labute approximate surface area is 164 Å². The first-order chi connectivity index (χ1) is 13.2. The van der Waals surface area contributed by atoms with Crippen molar-refractivity contribution in [3.63, 3.8) is 0 Å². The number of aryl methyl sites for hydroxylation is 1. The molecule has 0 amide bonds. The van der Waals surface area contributed by atoms with Gasteiger partial charge in [0.25, 0.3) is 0 Å². The number of imidazole rings is 1. The highest BCUT2D eigenvalue weighted by Gasteiger charge is 2.17. The first-order valence-corrected chi connectivity index (χ1v) is 9.49. The summed E-state index contributed by atoms with van der Waals surface area (Å²) in [6, 6.07) is 17.9. The number of unbranched alkanes of at least 4 members (excludes halogenated alkanes) is 1. The van der Waals surface area contributed by atoms with Crippen molar-refractivity contribution < 1.29 is 5.11 Å². The molecule has 0 radical (unpaired) electrons. The molecule has 0 spiro atoms. The fraction of sp³-hybridized carbons (Fsp3) is 0.273. The van der Waals surface area contributed by atoms with Crippen molar-refractivity contribution in [1.82, 2.24) is 9.55 Å². The van der Waals surface area contributed by atoms with Gasteiger partial charge in [-0.1, -0.05) is 67.4 Å². The van der Waals surface area contributed by atoms with Gasteiger partial charge >= 0.3 is 0 Å². The minimum Gasteiger partial charge on any atom is -0.390 e. The van der Waals surface area contributed by atoms with Crippen LogP contribution < -0.4 is 0 Å². The maximum absolute atomic E-state index is 9.80. The minimum absolute atomic E-state index is 0.158. The van der Waals surface area contributed by atoms with Gasteiger partial charge in [-0.25, -0.2) is 4.98 Å². The van der Waals surface area contributed by atoms with E-state index in [9.17, 15) is 10.4 Å². The van der Waals surface area contributed by atoms with Gasteiger partial charge < -0.3 is 9.67 Å². The van der Waals surface area contributed by atoms with Crippen LogP contribution in [0.15, 0.2) is 48.5 Å². The second kappa shape index (κ2) is 8.85. The summed E-state index contributed by atoms with van der Waals surface area (Å²) in [5.74, 6) is 0.884. The predicted octanol–water partition coefficient (Wildman–Crippen LogP) is 4.96. The predicted molar refractivity (Wildman–Crippen MR) is 107 cm³/mol. The van der Waals surface area contributed by atoms with Crippen molar-refractivity contribution in [3.05, 3.63) is 76.3 Å². The Kier molecular flexibility index (Phi) is 6.28. The van der Waals surface area contributed by atoms with Crippen LogP contribution in [0, 0.1) is 11.3 Å². The molecule has 0 fully saturated rings. The Balaban J connectivity index is 2.07. The van der Waals surface area contributed by atoms with Crippen molar-refractivity contribution in [2.75, 3.05) is 0 Å². The summed E-state index contributed by atoms with van der Waals surface area (Å²) in [6.07, 6.45) is 2.88. The number of halogens is 1. The van der Waals surface area contributed by atoms with Crippen LogP contribution in [0.1, 0.15) is 42.4 Å². The van der Waals surface area contributed by atoms with E-state index in [2.05, 4.69) is 18.0 Å². The summed E-state index contributed by atoms with van der Waals surface area (Å²) < 4.78 is 2.01. The number of hydrogen-bond acceptors (Lipinski definition) is 3. The molecule has 27 heavy (non-hydrogen) atoms. The van der Waals surface area contributed by atoms with E-state index < -0.39 is 0 Å². The lowest BCUT2D eigenvalue weighted by Gasteiger charge is -2.15. The number of rotatable bonds is 7. The number of benzene rings is 2. The molecule has 1 N–H and O–H groups in total. The summed E-state index contributed by atoms with van der Waals surface area (Å²) in [6.45, 7) is 2.52. The van der Waals surface area contributed by atoms with Crippen LogP contribution in [-0.2, 0) is 19.6 Å². The second-order valence-electron chi connectivity index (χ2n) is 6.43. The average molecular weight is 380 g/mol. The molecule has 0 bridgehead atoms. The zero-order valence-corrected chi connectivity index (χ0v) is 16.1. The van der Waals surface area contributed by atoms with Crippen molar-refractivity contribution in [2.45, 2.75) is 39.3 Å². The Morgan fingerprint density at radius 3 is 2.52 bits per heavy atom. The zero-order chi connectivity index (χ0) is 19.2. The third-order valence-corrected chi connectivity index (χ3v) is 4.99. The van der Waals surface area contributed by atoms with Crippen molar-refractivity contribution in [2.24, 2.45) is 0 Å². The number of hydrogen-bond donors (Lipinski definition) is 1. The van der Waals surface area contributed by atoms with Gasteiger partial charge in [0.05, 0.1) is 23.9 Å². The summed E-state index contributed by atoms with van der Waals surface area (Å²) in [4.78, 5) is 4.47. The first kappa shape index (κ1) is 19.2. The van der Waals surface area contributed by atoms with E-state index in [4.69, 9.17) is 11.6 Å². The second-order valence-corrected chi connectivity index (χ2v) is 6.79. The number of aromatic nitrogens is 2. The molecule has 4 nitrogen and oxygen atoms in total. The number of nitriles is 1. The third kappa shape index (κ3) is 4.05. The van der Waals surface area contributed by atoms with Gasteiger partial charge in [-0.15, -0.1) is 0 Å². The third-order valence-electron chi connectivity index (χ3n) is 4.69. The molecular formula is C22H22ClN3O. The molecule has 1 aromatic heterocycles. The van der Waals surface area contributed by atoms with E-state index >= 15 is 0 Å². The molecular weight excluding hydrogens is 358 g/mol. The standard InChI is InChI=1S/C22H22ClN3O/c1-2-3-12-21-25-22(23)20(15-27)26(21)14-17-9-5-7-11-19(17)18-10-6-4-8-16(18)13-24/h4-11,27H,2-3,12,14-15H2,1H3. The van der Waals surface area contributed by atoms with Crippen LogP contribution >= 0.6 is 11.6 Å². The van der Waals surface area contributed by atoms with Gasteiger partial charge in [0, 0.05) is 13.0 Å². The number of aliphatic hydroxyl groups is 1. The minimum atomic E-state index is -0.158. The van der Waals surface area contributed by atoms with E-state index in [0.717, 1.165) is 41.8 Å². The van der Waals surface area contributed by atoms with Crippen LogP contribution in [0.5, 0.6) is 0 Å². The Hall–Kier alpha value is -2.61. The molecule has 0 saturated carbocycles. The molecule has 0 unspecified atom stereocenters. The molecule has 0 atom stereocenters. The maximum atomic E-state index is 9.80. The van der Waals surface area contributed by atoms with E-state index in [1.165, 1.54) is 0 Å². The van der Waals surface area contributed by atoms with E-state index in [-0.39, 0.29) is 6.61 Å². The number of nitrogens with zero attached hydrogens (tertiary/aromatic N) is 3. The smallest absolute Gasteiger partial charge is 0.152 e. The fourth-order valence-corrected chi connectivity index (χ4v) is 3.53. The normalized spacial score (nSPS) is 10.7. The van der Waals surface area contributed by atoms with Gasteiger partial charge in [-0.3, -0.25) is 0 Å². The summed E-state index contributed by atoms with van der Waals surface area (Å²) in [5, 5.41) is 19.6. The molecule has 0 aliphatic rings. The quantitative estimate of drug-likeness (QED) is 0.631. The summed E-state index contributed by atoms with van der Waals surface area (Å²) >= 11 is 6.26. The Morgan fingerprint density at radius 2 is 1.81 bits per heavy atom. The van der Waals surface area contributed by atoms with Gasteiger partial charge in [0.15, 0.2) is 5.15 Å². The van der Waals surface area contributed by atoms with Crippen LogP contribution in [0.2, 0.25) is 5.15 Å². The van der Waals surface area contributed by atoms with Gasteiger partial charge in [0.2, 0.25) is 0 Å². The monoisotopic (exact) mass is 379 g/mol. The Bertz CT molecular complexity index is 972. The molecule has 5 heteroatoms. The van der Waals surface area contributed by atoms with Gasteiger partial charge in [-0.05, 0) is 29.2 Å². The molecule has 0 aliphatic heterocycles. The summed E-state index contributed by atoms with van der Waals surface area (Å²) in [5.41, 5.74) is 4.24. The largest absolute Gasteiger partial charge is 0.390 e. The lowest BCUT2D eigenvalue weighted by Crippen LogP contribution is -2.10. The van der Waals surface area contributed by atoms with E-state index in [1.807, 2.05) is 53.1 Å². The van der Waals surface area contributed by atoms with Crippen LogP contribution in [0.4, 0.5) is 0 Å². The van der Waals surface area contributed by atoms with Crippen LogP contribution in [0.3, 0.4) is 0 Å². The Morgan fingerprint density at radius 1 is 1.11 bits per heavy atom. The summed E-state index contributed by atoms with van der Waals surface area (Å²) in [7, 11) is 0. The highest BCUT2D eigenvalue weighted by Crippen LogP contribution is 2.29. The first-order valence-electron chi connectivity index (χ1n) is 9.11. The zero-order valence-electron chi connectivity index (χ0n) is 15.3. The fourth-order valence-electron chi connectivity index (χ4n) is 3.28. The van der Waals surface area contributed by atoms with E-state index in [1.54, 1.807) is 0 Å². The van der Waals surface area contributed by atoms with Crippen molar-refractivity contribution in [3.8, 4) is 17.2 Å². The van der Waals surface area contributed by atoms with Gasteiger partial charge in [-0.2, -0.15) is 5.26 Å².